The topological polar surface area (TPSA) is 72.7 Å². The second kappa shape index (κ2) is 8.38. The monoisotopic (exact) mass is 423 g/mol. The summed E-state index contributed by atoms with van der Waals surface area (Å²) in [6.45, 7) is 4.88. The van der Waals surface area contributed by atoms with Gasteiger partial charge >= 0.3 is 0 Å². The van der Waals surface area contributed by atoms with E-state index in [0.717, 1.165) is 40.0 Å². The van der Waals surface area contributed by atoms with Crippen LogP contribution < -0.4 is 5.32 Å². The summed E-state index contributed by atoms with van der Waals surface area (Å²) in [6.07, 6.45) is 11.6. The third kappa shape index (κ3) is 4.30. The molecule has 160 valence electrons. The van der Waals surface area contributed by atoms with E-state index in [4.69, 9.17) is 0 Å². The molecule has 4 aromatic rings. The van der Waals surface area contributed by atoms with E-state index in [2.05, 4.69) is 24.8 Å². The molecule has 0 aliphatic heterocycles. The lowest BCUT2D eigenvalue weighted by atomic mass is 10.1. The van der Waals surface area contributed by atoms with E-state index < -0.39 is 0 Å². The molecule has 3 heterocycles. The van der Waals surface area contributed by atoms with E-state index in [0.29, 0.717) is 17.4 Å². The standard InChI is InChI=1S/C26H25N5O/c1-17-5-6-18(2)23(10-17)30-26(32)24-11-21(16-31(24)15-19-7-8-19)22-13-28-25(29-14-22)20-4-3-9-27-12-20/h3-6,9-14,16,19H,7-8,15H2,1-2H3,(H,30,32). The number of aromatic nitrogens is 4. The molecule has 1 amide bonds. The van der Waals surface area contributed by atoms with Gasteiger partial charge in [-0.1, -0.05) is 12.1 Å². The molecule has 0 atom stereocenters. The predicted octanol–water partition coefficient (Wildman–Crippen LogP) is 5.29. The van der Waals surface area contributed by atoms with Gasteiger partial charge in [0, 0.05) is 59.9 Å². The van der Waals surface area contributed by atoms with Crippen molar-refractivity contribution in [1.82, 2.24) is 19.5 Å². The van der Waals surface area contributed by atoms with Gasteiger partial charge in [0.1, 0.15) is 5.69 Å². The van der Waals surface area contributed by atoms with Gasteiger partial charge < -0.3 is 9.88 Å². The molecule has 1 fully saturated rings. The Morgan fingerprint density at radius 3 is 2.56 bits per heavy atom. The Labute approximate surface area is 187 Å². The third-order valence-corrected chi connectivity index (χ3v) is 5.83. The molecule has 0 bridgehead atoms. The van der Waals surface area contributed by atoms with Crippen LogP contribution in [0, 0.1) is 19.8 Å². The first kappa shape index (κ1) is 20.1. The fourth-order valence-electron chi connectivity index (χ4n) is 3.77. The Hall–Kier alpha value is -3.80. The molecule has 1 aromatic carbocycles. The summed E-state index contributed by atoms with van der Waals surface area (Å²) in [5.41, 5.74) is 6.36. The van der Waals surface area contributed by atoms with Gasteiger partial charge in [0.25, 0.3) is 5.91 Å². The first-order valence-corrected chi connectivity index (χ1v) is 10.9. The average Bonchev–Trinajstić information content (AvgIpc) is 3.53. The molecule has 6 nitrogen and oxygen atoms in total. The van der Waals surface area contributed by atoms with Crippen LogP contribution in [-0.2, 0) is 6.54 Å². The van der Waals surface area contributed by atoms with Crippen molar-refractivity contribution in [1.29, 1.82) is 0 Å². The molecule has 0 saturated heterocycles. The van der Waals surface area contributed by atoms with Gasteiger partial charge in [0.2, 0.25) is 0 Å². The van der Waals surface area contributed by atoms with Crippen molar-refractivity contribution in [3.63, 3.8) is 0 Å². The van der Waals surface area contributed by atoms with Gasteiger partial charge in [-0.3, -0.25) is 9.78 Å². The number of aryl methyl sites for hydroxylation is 2. The van der Waals surface area contributed by atoms with E-state index in [1.54, 1.807) is 24.8 Å². The lowest BCUT2D eigenvalue weighted by Gasteiger charge is -2.11. The normalized spacial score (nSPS) is 13.2. The van der Waals surface area contributed by atoms with E-state index in [1.807, 2.05) is 56.4 Å². The van der Waals surface area contributed by atoms with Crippen molar-refractivity contribution >= 4 is 11.6 Å². The number of hydrogen-bond acceptors (Lipinski definition) is 4. The molecule has 32 heavy (non-hydrogen) atoms. The van der Waals surface area contributed by atoms with Crippen LogP contribution in [0.15, 0.2) is 67.4 Å². The van der Waals surface area contributed by atoms with Gasteiger partial charge in [-0.25, -0.2) is 9.97 Å². The van der Waals surface area contributed by atoms with Crippen molar-refractivity contribution in [2.24, 2.45) is 5.92 Å². The highest BCUT2D eigenvalue weighted by Gasteiger charge is 2.25. The number of nitrogens with one attached hydrogen (secondary N) is 1. The van der Waals surface area contributed by atoms with Crippen molar-refractivity contribution < 1.29 is 4.79 Å². The zero-order valence-electron chi connectivity index (χ0n) is 18.2. The first-order valence-electron chi connectivity index (χ1n) is 10.9. The summed E-state index contributed by atoms with van der Waals surface area (Å²) < 4.78 is 2.07. The van der Waals surface area contributed by atoms with Crippen molar-refractivity contribution in [3.05, 3.63) is 84.2 Å². The fourth-order valence-corrected chi connectivity index (χ4v) is 3.77. The van der Waals surface area contributed by atoms with Gasteiger partial charge in [-0.2, -0.15) is 0 Å². The van der Waals surface area contributed by atoms with Crippen LogP contribution in [0.25, 0.3) is 22.5 Å². The molecule has 0 spiro atoms. The number of anilines is 1. The van der Waals surface area contributed by atoms with Crippen molar-refractivity contribution in [3.8, 4) is 22.5 Å². The number of amides is 1. The Morgan fingerprint density at radius 1 is 1.03 bits per heavy atom. The number of pyridine rings is 1. The highest BCUT2D eigenvalue weighted by molar-refractivity contribution is 6.04. The van der Waals surface area contributed by atoms with Gasteiger partial charge in [0.05, 0.1) is 0 Å². The maximum atomic E-state index is 13.2. The minimum absolute atomic E-state index is 0.0986. The van der Waals surface area contributed by atoms with Gasteiger partial charge in [0.15, 0.2) is 5.82 Å². The van der Waals surface area contributed by atoms with Crippen LogP contribution >= 0.6 is 0 Å². The summed E-state index contributed by atoms with van der Waals surface area (Å²) in [5, 5.41) is 3.10. The molecule has 0 radical (unpaired) electrons. The third-order valence-electron chi connectivity index (χ3n) is 5.83. The Kier molecular flexibility index (Phi) is 5.27. The summed E-state index contributed by atoms with van der Waals surface area (Å²) in [5.74, 6) is 1.18. The summed E-state index contributed by atoms with van der Waals surface area (Å²) in [7, 11) is 0. The average molecular weight is 424 g/mol. The number of benzene rings is 1. The van der Waals surface area contributed by atoms with Crippen molar-refractivity contribution in [2.75, 3.05) is 5.32 Å². The van der Waals surface area contributed by atoms with Crippen molar-refractivity contribution in [2.45, 2.75) is 33.2 Å². The molecule has 5 rings (SSSR count). The van der Waals surface area contributed by atoms with Crippen LogP contribution in [0.2, 0.25) is 0 Å². The maximum absolute atomic E-state index is 13.2. The molecule has 1 aliphatic rings. The molecular weight excluding hydrogens is 398 g/mol. The van der Waals surface area contributed by atoms with E-state index >= 15 is 0 Å². The highest BCUT2D eigenvalue weighted by atomic mass is 16.1. The minimum atomic E-state index is -0.0986. The zero-order chi connectivity index (χ0) is 22.1. The highest BCUT2D eigenvalue weighted by Crippen LogP contribution is 2.33. The van der Waals surface area contributed by atoms with Crippen LogP contribution in [0.4, 0.5) is 5.69 Å². The number of carbonyl (C=O) groups excluding carboxylic acids is 1. The van der Waals surface area contributed by atoms with Gasteiger partial charge in [-0.15, -0.1) is 0 Å². The lowest BCUT2D eigenvalue weighted by Crippen LogP contribution is -2.18. The van der Waals surface area contributed by atoms with E-state index in [1.165, 1.54) is 12.8 Å². The second-order valence-corrected chi connectivity index (χ2v) is 8.52. The van der Waals surface area contributed by atoms with Crippen LogP contribution in [-0.4, -0.2) is 25.4 Å². The number of carbonyl (C=O) groups is 1. The molecule has 6 heteroatoms. The largest absolute Gasteiger partial charge is 0.343 e. The van der Waals surface area contributed by atoms with Crippen LogP contribution in [0.5, 0.6) is 0 Å². The Bertz CT molecular complexity index is 1260. The first-order chi connectivity index (χ1) is 15.6. The minimum Gasteiger partial charge on any atom is -0.343 e. The molecule has 0 unspecified atom stereocenters. The summed E-state index contributed by atoms with van der Waals surface area (Å²) in [4.78, 5) is 26.4. The van der Waals surface area contributed by atoms with Crippen LogP contribution in [0.3, 0.4) is 0 Å². The Balaban J connectivity index is 1.44. The molecule has 3 aromatic heterocycles. The van der Waals surface area contributed by atoms with E-state index in [9.17, 15) is 4.79 Å². The number of nitrogens with zero attached hydrogens (tertiary/aromatic N) is 4. The SMILES string of the molecule is Cc1ccc(C)c(NC(=O)c2cc(-c3cnc(-c4cccnc4)nc3)cn2CC2CC2)c1. The maximum Gasteiger partial charge on any atom is 0.272 e. The Morgan fingerprint density at radius 2 is 1.84 bits per heavy atom. The molecular formula is C26H25N5O. The van der Waals surface area contributed by atoms with E-state index in [-0.39, 0.29) is 5.91 Å². The number of hydrogen-bond donors (Lipinski definition) is 1. The fraction of sp³-hybridized carbons (Fsp3) is 0.231. The lowest BCUT2D eigenvalue weighted by molar-refractivity contribution is 0.101. The summed E-state index contributed by atoms with van der Waals surface area (Å²) >= 11 is 0. The van der Waals surface area contributed by atoms with Crippen LogP contribution in [0.1, 0.15) is 34.5 Å². The second-order valence-electron chi connectivity index (χ2n) is 8.52. The molecule has 1 aliphatic carbocycles. The molecule has 1 N–H and O–H groups in total. The smallest absolute Gasteiger partial charge is 0.272 e. The van der Waals surface area contributed by atoms with Gasteiger partial charge in [-0.05, 0) is 68.0 Å². The molecule has 1 saturated carbocycles. The summed E-state index contributed by atoms with van der Waals surface area (Å²) in [6, 6.07) is 11.8. The zero-order valence-corrected chi connectivity index (χ0v) is 18.2. The number of rotatable bonds is 6. The quantitative estimate of drug-likeness (QED) is 0.458. The predicted molar refractivity (Wildman–Crippen MR) is 125 cm³/mol.